The molecule has 2 fully saturated rings. The van der Waals surface area contributed by atoms with Crippen molar-refractivity contribution >= 4 is 6.09 Å². The molecule has 2 saturated heterocycles. The number of carbonyl (C=O) groups excluding carboxylic acids is 1. The molecule has 0 aromatic rings. The van der Waals surface area contributed by atoms with Gasteiger partial charge in [-0.1, -0.05) is 0 Å². The van der Waals surface area contributed by atoms with Crippen LogP contribution in [0.15, 0.2) is 0 Å². The summed E-state index contributed by atoms with van der Waals surface area (Å²) in [4.78, 5) is 13.2. The predicted octanol–water partition coefficient (Wildman–Crippen LogP) is -0.102. The minimum Gasteiger partial charge on any atom is -0.444 e. The van der Waals surface area contributed by atoms with Gasteiger partial charge in [-0.15, -0.1) is 0 Å². The summed E-state index contributed by atoms with van der Waals surface area (Å²) in [5, 5.41) is 17.7. The summed E-state index contributed by atoms with van der Waals surface area (Å²) in [7, 11) is 0. The van der Waals surface area contributed by atoms with Crippen molar-refractivity contribution < 1.29 is 9.53 Å². The third-order valence-electron chi connectivity index (χ3n) is 2.97. The van der Waals surface area contributed by atoms with Crippen molar-refractivity contribution in [3.63, 3.8) is 0 Å². The van der Waals surface area contributed by atoms with E-state index in [1.165, 1.54) is 0 Å². The molecule has 0 bridgehead atoms. The maximum absolute atomic E-state index is 11.5. The number of nitrogens with zero attached hydrogens (tertiary/aromatic N) is 2. The summed E-state index contributed by atoms with van der Waals surface area (Å²) in [6.45, 7) is 11.5. The maximum atomic E-state index is 11.5. The third-order valence-corrected chi connectivity index (χ3v) is 2.97. The van der Waals surface area contributed by atoms with Crippen LogP contribution in [0.5, 0.6) is 0 Å². The van der Waals surface area contributed by atoms with E-state index in [1.54, 1.807) is 4.90 Å². The molecule has 0 radical (unpaired) electrons. The fourth-order valence-corrected chi connectivity index (χ4v) is 1.92. The molecule has 1 unspecified atom stereocenters. The lowest BCUT2D eigenvalue weighted by Gasteiger charge is -2.30. The molecule has 3 N–H and O–H groups in total. The average molecular weight is 297 g/mol. The zero-order valence-corrected chi connectivity index (χ0v) is 13.2. The molecule has 0 saturated carbocycles. The molecule has 21 heavy (non-hydrogen) atoms. The highest BCUT2D eigenvalue weighted by Gasteiger charge is 2.22. The van der Waals surface area contributed by atoms with Crippen molar-refractivity contribution in [2.24, 2.45) is 0 Å². The Kier molecular flexibility index (Phi) is 7.43. The van der Waals surface area contributed by atoms with Gasteiger partial charge in [0, 0.05) is 45.8 Å². The molecule has 7 nitrogen and oxygen atoms in total. The van der Waals surface area contributed by atoms with Crippen LogP contribution in [0.2, 0.25) is 0 Å². The molecule has 7 heteroatoms. The topological polar surface area (TPSA) is 89.4 Å². The highest BCUT2D eigenvalue weighted by Crippen LogP contribution is 2.09. The molecule has 0 aromatic heterocycles. The van der Waals surface area contributed by atoms with Crippen LogP contribution in [0.3, 0.4) is 0 Å². The quantitative estimate of drug-likeness (QED) is 0.578. The molecule has 0 aliphatic carbocycles. The molecule has 1 amide bonds. The van der Waals surface area contributed by atoms with E-state index in [9.17, 15) is 4.79 Å². The first-order valence-corrected chi connectivity index (χ1v) is 7.45. The number of nitriles is 1. The largest absolute Gasteiger partial charge is 0.444 e. The van der Waals surface area contributed by atoms with Gasteiger partial charge >= 0.3 is 6.09 Å². The van der Waals surface area contributed by atoms with Crippen LogP contribution in [0, 0.1) is 11.3 Å². The van der Waals surface area contributed by atoms with E-state index in [0.29, 0.717) is 0 Å². The standard InChI is InChI=1S/C9H18N2O2.C5H9N3/c1-9(2,3)13-8(12)11-6-4-10-5-7-11;6-3-5-4-7-1-2-8-5/h10H,4-7H2,1-3H3;5,7-8H,1-2,4H2. The normalized spacial score (nSPS) is 22.6. The monoisotopic (exact) mass is 297 g/mol. The average Bonchev–Trinajstić information content (AvgIpc) is 2.48. The van der Waals surface area contributed by atoms with Gasteiger partial charge in [-0.05, 0) is 20.8 Å². The molecule has 2 aliphatic heterocycles. The summed E-state index contributed by atoms with van der Waals surface area (Å²) in [5.41, 5.74) is -0.387. The van der Waals surface area contributed by atoms with E-state index >= 15 is 0 Å². The van der Waals surface area contributed by atoms with Gasteiger partial charge in [-0.2, -0.15) is 5.26 Å². The second kappa shape index (κ2) is 8.82. The Labute approximate surface area is 127 Å². The van der Waals surface area contributed by atoms with E-state index in [2.05, 4.69) is 22.0 Å². The molecule has 120 valence electrons. The van der Waals surface area contributed by atoms with Gasteiger partial charge in [-0.3, -0.25) is 5.32 Å². The summed E-state index contributed by atoms with van der Waals surface area (Å²) in [5.74, 6) is 0. The van der Waals surface area contributed by atoms with E-state index in [1.807, 2.05) is 20.8 Å². The zero-order valence-electron chi connectivity index (χ0n) is 13.2. The van der Waals surface area contributed by atoms with Crippen LogP contribution >= 0.6 is 0 Å². The zero-order chi connectivity index (χ0) is 15.7. The van der Waals surface area contributed by atoms with Crippen molar-refractivity contribution in [2.45, 2.75) is 32.4 Å². The van der Waals surface area contributed by atoms with Crippen molar-refractivity contribution in [3.8, 4) is 6.07 Å². The first-order chi connectivity index (χ1) is 9.92. The highest BCUT2D eigenvalue weighted by atomic mass is 16.6. The van der Waals surface area contributed by atoms with Crippen molar-refractivity contribution in [1.29, 1.82) is 5.26 Å². The summed E-state index contributed by atoms with van der Waals surface area (Å²) in [6, 6.07) is 2.16. The number of hydrogen-bond donors (Lipinski definition) is 3. The van der Waals surface area contributed by atoms with Crippen LogP contribution in [-0.2, 0) is 4.74 Å². The van der Waals surface area contributed by atoms with Gasteiger partial charge in [0.1, 0.15) is 11.6 Å². The lowest BCUT2D eigenvalue weighted by atomic mass is 10.2. The Morgan fingerprint density at radius 2 is 1.86 bits per heavy atom. The minimum absolute atomic E-state index is 0.0312. The van der Waals surface area contributed by atoms with E-state index in [4.69, 9.17) is 10.00 Å². The molecular formula is C14H27N5O2. The van der Waals surface area contributed by atoms with Crippen molar-refractivity contribution in [2.75, 3.05) is 45.8 Å². The van der Waals surface area contributed by atoms with Crippen LogP contribution in [0.1, 0.15) is 20.8 Å². The number of nitrogens with one attached hydrogen (secondary N) is 3. The Morgan fingerprint density at radius 1 is 1.19 bits per heavy atom. The Hall–Kier alpha value is -1.36. The summed E-state index contributed by atoms with van der Waals surface area (Å²) < 4.78 is 5.24. The van der Waals surface area contributed by atoms with E-state index in [0.717, 1.165) is 45.8 Å². The second-order valence-corrected chi connectivity index (χ2v) is 6.06. The number of piperazine rings is 2. The van der Waals surface area contributed by atoms with Gasteiger partial charge in [0.15, 0.2) is 0 Å². The van der Waals surface area contributed by atoms with Gasteiger partial charge in [0.2, 0.25) is 0 Å². The summed E-state index contributed by atoms with van der Waals surface area (Å²) in [6.07, 6.45) is -0.200. The first-order valence-electron chi connectivity index (χ1n) is 7.45. The van der Waals surface area contributed by atoms with E-state index in [-0.39, 0.29) is 17.7 Å². The lowest BCUT2D eigenvalue weighted by Crippen LogP contribution is -2.48. The van der Waals surface area contributed by atoms with Gasteiger partial charge in [-0.25, -0.2) is 4.79 Å². The van der Waals surface area contributed by atoms with Gasteiger partial charge in [0.25, 0.3) is 0 Å². The Morgan fingerprint density at radius 3 is 2.29 bits per heavy atom. The molecule has 2 aliphatic rings. The van der Waals surface area contributed by atoms with Crippen LogP contribution in [-0.4, -0.2) is 68.4 Å². The minimum atomic E-state index is -0.387. The lowest BCUT2D eigenvalue weighted by molar-refractivity contribution is 0.0229. The van der Waals surface area contributed by atoms with Crippen LogP contribution in [0.25, 0.3) is 0 Å². The predicted molar refractivity (Wildman–Crippen MR) is 81.0 cm³/mol. The molecule has 0 spiro atoms. The van der Waals surface area contributed by atoms with Gasteiger partial charge < -0.3 is 20.3 Å². The SMILES string of the molecule is CC(C)(C)OC(=O)N1CCNCC1.N#CC1CNCCN1. The van der Waals surface area contributed by atoms with Crippen molar-refractivity contribution in [3.05, 3.63) is 0 Å². The number of rotatable bonds is 0. The molecule has 2 rings (SSSR count). The summed E-state index contributed by atoms with van der Waals surface area (Å²) >= 11 is 0. The van der Waals surface area contributed by atoms with Gasteiger partial charge in [0.05, 0.1) is 6.07 Å². The fraction of sp³-hybridized carbons (Fsp3) is 0.857. The Balaban J connectivity index is 0.000000235. The smallest absolute Gasteiger partial charge is 0.410 e. The number of carbonyl (C=O) groups is 1. The van der Waals surface area contributed by atoms with Crippen LogP contribution in [0.4, 0.5) is 4.79 Å². The number of hydrogen-bond acceptors (Lipinski definition) is 6. The number of ether oxygens (including phenoxy) is 1. The molecular weight excluding hydrogens is 270 g/mol. The second-order valence-electron chi connectivity index (χ2n) is 6.06. The highest BCUT2D eigenvalue weighted by molar-refractivity contribution is 5.68. The third kappa shape index (κ3) is 7.85. The van der Waals surface area contributed by atoms with E-state index < -0.39 is 0 Å². The first kappa shape index (κ1) is 17.7. The van der Waals surface area contributed by atoms with Crippen molar-refractivity contribution in [1.82, 2.24) is 20.9 Å². The molecule has 2 heterocycles. The van der Waals surface area contributed by atoms with Crippen LogP contribution < -0.4 is 16.0 Å². The molecule has 1 atom stereocenters. The Bertz CT molecular complexity index is 349. The maximum Gasteiger partial charge on any atom is 0.410 e. The molecule has 0 aromatic carbocycles. The fourth-order valence-electron chi connectivity index (χ4n) is 1.92. The number of amides is 1.